The predicted molar refractivity (Wildman–Crippen MR) is 98.6 cm³/mol. The SMILES string of the molecule is Cc1cc(C2=C(c3ccc(CS(=O)[O-])c(F)c3)CCC2)ccc1Br. The van der Waals surface area contributed by atoms with Crippen molar-refractivity contribution in [2.24, 2.45) is 0 Å². The van der Waals surface area contributed by atoms with Crippen LogP contribution in [0.3, 0.4) is 0 Å². The van der Waals surface area contributed by atoms with Crippen LogP contribution in [0.4, 0.5) is 4.39 Å². The Morgan fingerprint density at radius 1 is 1.12 bits per heavy atom. The molecule has 126 valence electrons. The molecule has 1 atom stereocenters. The van der Waals surface area contributed by atoms with Crippen LogP contribution < -0.4 is 0 Å². The third-order valence-corrected chi connectivity index (χ3v) is 5.84. The second kappa shape index (κ2) is 7.30. The average Bonchev–Trinajstić information content (AvgIpc) is 3.01. The number of hydrogen-bond acceptors (Lipinski definition) is 2. The molecule has 1 unspecified atom stereocenters. The van der Waals surface area contributed by atoms with Gasteiger partial charge in [-0.15, -0.1) is 0 Å². The highest BCUT2D eigenvalue weighted by Gasteiger charge is 2.19. The number of benzene rings is 2. The van der Waals surface area contributed by atoms with E-state index in [1.807, 2.05) is 12.1 Å². The maximum absolute atomic E-state index is 14.2. The number of rotatable bonds is 4. The van der Waals surface area contributed by atoms with Crippen LogP contribution in [-0.4, -0.2) is 8.76 Å². The van der Waals surface area contributed by atoms with Gasteiger partial charge in [-0.1, -0.05) is 51.3 Å². The molecule has 3 rings (SSSR count). The van der Waals surface area contributed by atoms with Crippen LogP contribution in [0.2, 0.25) is 0 Å². The molecule has 0 bridgehead atoms. The fourth-order valence-electron chi connectivity index (χ4n) is 3.19. The number of halogens is 2. The van der Waals surface area contributed by atoms with Gasteiger partial charge in [0.25, 0.3) is 0 Å². The first kappa shape index (κ1) is 17.5. The molecule has 0 aromatic heterocycles. The maximum Gasteiger partial charge on any atom is 0.127 e. The minimum atomic E-state index is -2.28. The fraction of sp³-hybridized carbons (Fsp3) is 0.263. The lowest BCUT2D eigenvalue weighted by atomic mass is 9.95. The van der Waals surface area contributed by atoms with Crippen LogP contribution in [0, 0.1) is 12.7 Å². The lowest BCUT2D eigenvalue weighted by Gasteiger charge is -2.12. The molecule has 0 aliphatic heterocycles. The zero-order valence-corrected chi connectivity index (χ0v) is 15.7. The molecule has 0 radical (unpaired) electrons. The molecule has 0 saturated heterocycles. The van der Waals surface area contributed by atoms with Crippen LogP contribution in [0.1, 0.15) is 41.5 Å². The largest absolute Gasteiger partial charge is 0.772 e. The zero-order valence-electron chi connectivity index (χ0n) is 13.3. The summed E-state index contributed by atoms with van der Waals surface area (Å²) in [6, 6.07) is 11.2. The quantitative estimate of drug-likeness (QED) is 0.638. The summed E-state index contributed by atoms with van der Waals surface area (Å²) >= 11 is 1.24. The summed E-state index contributed by atoms with van der Waals surface area (Å²) in [6.45, 7) is 2.06. The van der Waals surface area contributed by atoms with Crippen molar-refractivity contribution < 1.29 is 13.2 Å². The van der Waals surface area contributed by atoms with E-state index < -0.39 is 16.9 Å². The first-order valence-electron chi connectivity index (χ1n) is 7.79. The second-order valence-electron chi connectivity index (χ2n) is 6.03. The Kier molecular flexibility index (Phi) is 5.33. The summed E-state index contributed by atoms with van der Waals surface area (Å²) in [4.78, 5) is 0. The van der Waals surface area contributed by atoms with E-state index in [0.29, 0.717) is 0 Å². The van der Waals surface area contributed by atoms with Crippen molar-refractivity contribution >= 4 is 38.2 Å². The molecule has 5 heteroatoms. The molecule has 2 aromatic rings. The minimum absolute atomic E-state index is 0.215. The third-order valence-electron chi connectivity index (χ3n) is 4.40. The van der Waals surface area contributed by atoms with E-state index in [4.69, 9.17) is 0 Å². The normalized spacial score (nSPS) is 15.8. The number of aryl methyl sites for hydroxylation is 1. The van der Waals surface area contributed by atoms with Crippen molar-refractivity contribution in [2.45, 2.75) is 31.9 Å². The van der Waals surface area contributed by atoms with E-state index in [-0.39, 0.29) is 11.3 Å². The molecule has 2 nitrogen and oxygen atoms in total. The summed E-state index contributed by atoms with van der Waals surface area (Å²) in [5, 5.41) is 0. The van der Waals surface area contributed by atoms with Gasteiger partial charge in [-0.05, 0) is 71.7 Å². The summed E-state index contributed by atoms with van der Waals surface area (Å²) in [5.74, 6) is -0.744. The number of hydrogen-bond donors (Lipinski definition) is 0. The Bertz CT molecular complexity index is 845. The van der Waals surface area contributed by atoms with Crippen molar-refractivity contribution in [2.75, 3.05) is 0 Å². The van der Waals surface area contributed by atoms with Gasteiger partial charge in [0.15, 0.2) is 0 Å². The highest BCUT2D eigenvalue weighted by molar-refractivity contribution is 9.10. The molecule has 0 heterocycles. The van der Waals surface area contributed by atoms with Crippen molar-refractivity contribution in [3.05, 3.63) is 68.9 Å². The van der Waals surface area contributed by atoms with E-state index in [0.717, 1.165) is 34.9 Å². The summed E-state index contributed by atoms with van der Waals surface area (Å²) in [6.07, 6.45) is 2.94. The standard InChI is InChI=1S/C19H18BrFO2S/c1-12-9-13(7-8-18(12)20)16-3-2-4-17(16)14-5-6-15(11-24(22)23)19(21)10-14/h5-10H,2-4,11H2,1H3,(H,22,23)/p-1. The molecule has 24 heavy (non-hydrogen) atoms. The zero-order chi connectivity index (χ0) is 17.3. The van der Waals surface area contributed by atoms with E-state index in [9.17, 15) is 13.2 Å². The van der Waals surface area contributed by atoms with Crippen molar-refractivity contribution in [1.29, 1.82) is 0 Å². The molecule has 0 N–H and O–H groups in total. The van der Waals surface area contributed by atoms with Crippen LogP contribution in [0.25, 0.3) is 11.1 Å². The molecular weight excluding hydrogens is 391 g/mol. The Morgan fingerprint density at radius 3 is 2.33 bits per heavy atom. The topological polar surface area (TPSA) is 40.1 Å². The molecule has 0 fully saturated rings. The van der Waals surface area contributed by atoms with Gasteiger partial charge in [-0.2, -0.15) is 0 Å². The monoisotopic (exact) mass is 407 g/mol. The number of allylic oxidation sites excluding steroid dienone is 2. The van der Waals surface area contributed by atoms with E-state index >= 15 is 0 Å². The maximum atomic E-state index is 14.2. The molecule has 2 aromatic carbocycles. The smallest absolute Gasteiger partial charge is 0.127 e. The lowest BCUT2D eigenvalue weighted by molar-refractivity contribution is 0.533. The Balaban J connectivity index is 2.01. The Morgan fingerprint density at radius 2 is 1.75 bits per heavy atom. The summed E-state index contributed by atoms with van der Waals surface area (Å²) in [7, 11) is 0. The Labute approximate surface area is 152 Å². The van der Waals surface area contributed by atoms with Crippen LogP contribution in [0.5, 0.6) is 0 Å². The highest BCUT2D eigenvalue weighted by atomic mass is 79.9. The molecule has 1 aliphatic carbocycles. The van der Waals surface area contributed by atoms with Gasteiger partial charge in [0.2, 0.25) is 0 Å². The molecule has 0 saturated carbocycles. The van der Waals surface area contributed by atoms with E-state index in [1.54, 1.807) is 6.07 Å². The van der Waals surface area contributed by atoms with Crippen molar-refractivity contribution in [3.8, 4) is 0 Å². The van der Waals surface area contributed by atoms with Crippen LogP contribution in [-0.2, 0) is 16.8 Å². The van der Waals surface area contributed by atoms with Gasteiger partial charge in [-0.25, -0.2) is 4.39 Å². The highest BCUT2D eigenvalue weighted by Crippen LogP contribution is 2.40. The third kappa shape index (κ3) is 3.68. The first-order chi connectivity index (χ1) is 11.5. The molecular formula is C19H17BrFO2S-. The Hall–Kier alpha value is -1.30. The summed E-state index contributed by atoms with van der Waals surface area (Å²) in [5.41, 5.74) is 5.82. The lowest BCUT2D eigenvalue weighted by Crippen LogP contribution is -1.98. The fourth-order valence-corrected chi connectivity index (χ4v) is 3.93. The van der Waals surface area contributed by atoms with Gasteiger partial charge in [0.1, 0.15) is 5.82 Å². The first-order valence-corrected chi connectivity index (χ1v) is 9.82. The predicted octanol–water partition coefficient (Wildman–Crippen LogP) is 5.37. The van der Waals surface area contributed by atoms with Crippen molar-refractivity contribution in [3.63, 3.8) is 0 Å². The summed E-state index contributed by atoms with van der Waals surface area (Å²) < 4.78 is 36.8. The van der Waals surface area contributed by atoms with Gasteiger partial charge in [-0.3, -0.25) is 4.21 Å². The van der Waals surface area contributed by atoms with Gasteiger partial charge in [0, 0.05) is 10.2 Å². The van der Waals surface area contributed by atoms with Gasteiger partial charge >= 0.3 is 0 Å². The van der Waals surface area contributed by atoms with E-state index in [1.165, 1.54) is 22.8 Å². The molecule has 0 spiro atoms. The van der Waals surface area contributed by atoms with Crippen LogP contribution >= 0.6 is 15.9 Å². The van der Waals surface area contributed by atoms with Crippen molar-refractivity contribution in [1.82, 2.24) is 0 Å². The average molecular weight is 408 g/mol. The van der Waals surface area contributed by atoms with Crippen LogP contribution in [0.15, 0.2) is 40.9 Å². The van der Waals surface area contributed by atoms with Gasteiger partial charge in [0.05, 0.1) is 0 Å². The second-order valence-corrected chi connectivity index (χ2v) is 7.78. The molecule has 1 aliphatic rings. The minimum Gasteiger partial charge on any atom is -0.772 e. The van der Waals surface area contributed by atoms with Gasteiger partial charge < -0.3 is 4.55 Å². The van der Waals surface area contributed by atoms with E-state index in [2.05, 4.69) is 35.0 Å². The molecule has 0 amide bonds.